The maximum atomic E-state index is 5.49. The van der Waals surface area contributed by atoms with E-state index in [0.717, 1.165) is 64.6 Å². The van der Waals surface area contributed by atoms with Gasteiger partial charge < -0.3 is 9.64 Å². The number of aromatic amines is 1. The van der Waals surface area contributed by atoms with Crippen LogP contribution in [0.3, 0.4) is 0 Å². The first kappa shape index (κ1) is 18.1. The fourth-order valence-corrected chi connectivity index (χ4v) is 4.78. The first-order valence-corrected chi connectivity index (χ1v) is 10.8. The smallest absolute Gasteiger partial charge is 0.132 e. The molecule has 2 saturated heterocycles. The van der Waals surface area contributed by atoms with E-state index < -0.39 is 0 Å². The van der Waals surface area contributed by atoms with E-state index in [1.54, 1.807) is 6.33 Å². The molecule has 2 aromatic rings. The number of hydrogen-bond acceptors (Lipinski definition) is 6. The van der Waals surface area contributed by atoms with Gasteiger partial charge in [-0.3, -0.25) is 10.00 Å². The predicted octanol–water partition coefficient (Wildman–Crippen LogP) is 2.29. The van der Waals surface area contributed by atoms with Gasteiger partial charge in [0.1, 0.15) is 12.1 Å². The van der Waals surface area contributed by atoms with Crippen LogP contribution in [0.1, 0.15) is 54.2 Å². The van der Waals surface area contributed by atoms with Gasteiger partial charge in [0.25, 0.3) is 0 Å². The number of nitrogens with one attached hydrogen (secondary N) is 1. The molecule has 28 heavy (non-hydrogen) atoms. The molecule has 150 valence electrons. The third-order valence-electron chi connectivity index (χ3n) is 6.53. The second kappa shape index (κ2) is 8.17. The van der Waals surface area contributed by atoms with E-state index in [9.17, 15) is 0 Å². The Morgan fingerprint density at radius 3 is 2.71 bits per heavy atom. The Morgan fingerprint density at radius 1 is 1.04 bits per heavy atom. The number of nitrogens with zero attached hydrogens (tertiary/aromatic N) is 5. The fourth-order valence-electron chi connectivity index (χ4n) is 4.78. The number of piperazine rings is 1. The normalized spacial score (nSPS) is 21.6. The van der Waals surface area contributed by atoms with E-state index in [-0.39, 0.29) is 0 Å². The van der Waals surface area contributed by atoms with Gasteiger partial charge in [0.2, 0.25) is 0 Å². The van der Waals surface area contributed by atoms with Gasteiger partial charge in [-0.2, -0.15) is 5.10 Å². The summed E-state index contributed by atoms with van der Waals surface area (Å²) < 4.78 is 5.49. The third kappa shape index (κ3) is 3.78. The van der Waals surface area contributed by atoms with Gasteiger partial charge in [-0.15, -0.1) is 0 Å². The quantitative estimate of drug-likeness (QED) is 0.875. The topological polar surface area (TPSA) is 70.2 Å². The first-order chi connectivity index (χ1) is 13.9. The van der Waals surface area contributed by atoms with Crippen LogP contribution in [0.4, 0.5) is 5.82 Å². The zero-order chi connectivity index (χ0) is 18.8. The van der Waals surface area contributed by atoms with Crippen LogP contribution in [0.5, 0.6) is 0 Å². The van der Waals surface area contributed by atoms with Gasteiger partial charge in [-0.25, -0.2) is 9.97 Å². The Kier molecular flexibility index (Phi) is 5.27. The highest BCUT2D eigenvalue weighted by molar-refractivity contribution is 5.40. The molecule has 1 N–H and O–H groups in total. The Labute approximate surface area is 166 Å². The molecule has 7 heteroatoms. The molecule has 0 atom stereocenters. The largest absolute Gasteiger partial charge is 0.381 e. The van der Waals surface area contributed by atoms with E-state index in [1.807, 2.05) is 0 Å². The van der Waals surface area contributed by atoms with Crippen molar-refractivity contribution in [2.75, 3.05) is 44.3 Å². The second-order valence-electron chi connectivity index (χ2n) is 8.29. The Balaban J connectivity index is 1.20. The molecule has 0 spiro atoms. The summed E-state index contributed by atoms with van der Waals surface area (Å²) in [5.41, 5.74) is 5.32. The zero-order valence-corrected chi connectivity index (χ0v) is 16.6. The molecular formula is C21H30N6O. The summed E-state index contributed by atoms with van der Waals surface area (Å²) >= 11 is 0. The summed E-state index contributed by atoms with van der Waals surface area (Å²) in [5, 5.41) is 7.90. The van der Waals surface area contributed by atoms with Crippen LogP contribution >= 0.6 is 0 Å². The summed E-state index contributed by atoms with van der Waals surface area (Å²) in [6, 6.07) is 2.20. The molecular weight excluding hydrogens is 352 g/mol. The van der Waals surface area contributed by atoms with Crippen LogP contribution in [0.2, 0.25) is 0 Å². The van der Waals surface area contributed by atoms with Crippen molar-refractivity contribution in [3.8, 4) is 0 Å². The maximum Gasteiger partial charge on any atom is 0.132 e. The summed E-state index contributed by atoms with van der Waals surface area (Å²) in [6.07, 6.45) is 8.83. The monoisotopic (exact) mass is 382 g/mol. The van der Waals surface area contributed by atoms with Gasteiger partial charge in [-0.1, -0.05) is 0 Å². The summed E-state index contributed by atoms with van der Waals surface area (Å²) in [5.74, 6) is 1.59. The number of H-pyrrole nitrogens is 1. The highest BCUT2D eigenvalue weighted by Gasteiger charge is 2.24. The van der Waals surface area contributed by atoms with E-state index >= 15 is 0 Å². The van der Waals surface area contributed by atoms with Crippen LogP contribution < -0.4 is 4.90 Å². The van der Waals surface area contributed by atoms with Crippen molar-refractivity contribution in [2.24, 2.45) is 0 Å². The molecule has 2 aromatic heterocycles. The van der Waals surface area contributed by atoms with Crippen molar-refractivity contribution in [3.63, 3.8) is 0 Å². The molecule has 2 aliphatic heterocycles. The Bertz CT molecular complexity index is 792. The van der Waals surface area contributed by atoms with E-state index in [1.165, 1.54) is 48.3 Å². The number of aryl methyl sites for hydroxylation is 1. The molecule has 0 bridgehead atoms. The molecule has 7 nitrogen and oxygen atoms in total. The van der Waals surface area contributed by atoms with Gasteiger partial charge in [0.15, 0.2) is 0 Å². The molecule has 0 aromatic carbocycles. The second-order valence-corrected chi connectivity index (χ2v) is 8.29. The van der Waals surface area contributed by atoms with Crippen molar-refractivity contribution in [2.45, 2.75) is 51.0 Å². The summed E-state index contributed by atoms with van der Waals surface area (Å²) in [4.78, 5) is 14.0. The minimum atomic E-state index is 0.516. The SMILES string of the molecule is c1nc(C2CCOCC2)cc(N2CCN(Cc3n[nH]c4c3CCCC4)CC2)n1. The zero-order valence-electron chi connectivity index (χ0n) is 16.6. The molecule has 5 rings (SSSR count). The first-order valence-electron chi connectivity index (χ1n) is 10.8. The predicted molar refractivity (Wildman–Crippen MR) is 108 cm³/mol. The van der Waals surface area contributed by atoms with Gasteiger partial charge >= 0.3 is 0 Å². The lowest BCUT2D eigenvalue weighted by molar-refractivity contribution is 0.0845. The van der Waals surface area contributed by atoms with Crippen molar-refractivity contribution in [1.29, 1.82) is 0 Å². The number of fused-ring (bicyclic) bond motifs is 1. The van der Waals surface area contributed by atoms with E-state index in [4.69, 9.17) is 4.74 Å². The molecule has 3 aliphatic rings. The minimum Gasteiger partial charge on any atom is -0.381 e. The lowest BCUT2D eigenvalue weighted by atomic mass is 9.96. The highest BCUT2D eigenvalue weighted by atomic mass is 16.5. The average Bonchev–Trinajstić information content (AvgIpc) is 3.18. The summed E-state index contributed by atoms with van der Waals surface area (Å²) in [6.45, 7) is 6.79. The Hall–Kier alpha value is -1.99. The van der Waals surface area contributed by atoms with Crippen molar-refractivity contribution in [1.82, 2.24) is 25.1 Å². The number of hydrogen-bond donors (Lipinski definition) is 1. The Morgan fingerprint density at radius 2 is 1.86 bits per heavy atom. The average molecular weight is 383 g/mol. The van der Waals surface area contributed by atoms with Crippen LogP contribution in [-0.2, 0) is 24.1 Å². The number of aromatic nitrogens is 4. The summed E-state index contributed by atoms with van der Waals surface area (Å²) in [7, 11) is 0. The van der Waals surface area contributed by atoms with Crippen molar-refractivity contribution < 1.29 is 4.74 Å². The van der Waals surface area contributed by atoms with Crippen LogP contribution in [-0.4, -0.2) is 64.5 Å². The molecule has 0 amide bonds. The number of rotatable bonds is 4. The molecule has 0 unspecified atom stereocenters. The van der Waals surface area contributed by atoms with Crippen molar-refractivity contribution >= 4 is 5.82 Å². The minimum absolute atomic E-state index is 0.516. The molecule has 4 heterocycles. The lowest BCUT2D eigenvalue weighted by Gasteiger charge is -2.35. The molecule has 2 fully saturated rings. The van der Waals surface area contributed by atoms with Gasteiger partial charge in [0, 0.05) is 69.3 Å². The highest BCUT2D eigenvalue weighted by Crippen LogP contribution is 2.27. The molecule has 0 saturated carbocycles. The van der Waals surface area contributed by atoms with Crippen LogP contribution in [0.15, 0.2) is 12.4 Å². The molecule has 1 aliphatic carbocycles. The molecule has 0 radical (unpaired) electrons. The van der Waals surface area contributed by atoms with E-state index in [2.05, 4.69) is 36.0 Å². The standard InChI is InChI=1S/C21H30N6O/c1-2-4-18-17(3-1)20(25-24-18)14-26-7-9-27(10-8-26)21-13-19(22-15-23-21)16-5-11-28-12-6-16/h13,15-16H,1-12,14H2,(H,24,25). The van der Waals surface area contributed by atoms with Gasteiger partial charge in [0.05, 0.1) is 5.69 Å². The van der Waals surface area contributed by atoms with Gasteiger partial charge in [-0.05, 0) is 44.1 Å². The van der Waals surface area contributed by atoms with E-state index in [0.29, 0.717) is 5.92 Å². The van der Waals surface area contributed by atoms with Crippen LogP contribution in [0, 0.1) is 0 Å². The fraction of sp³-hybridized carbons (Fsp3) is 0.667. The third-order valence-corrected chi connectivity index (χ3v) is 6.53. The number of ether oxygens (including phenoxy) is 1. The maximum absolute atomic E-state index is 5.49. The lowest BCUT2D eigenvalue weighted by Crippen LogP contribution is -2.46. The van der Waals surface area contributed by atoms with Crippen LogP contribution in [0.25, 0.3) is 0 Å². The number of anilines is 1. The van der Waals surface area contributed by atoms with Crippen molar-refractivity contribution in [3.05, 3.63) is 35.0 Å².